The Hall–Kier alpha value is -0.730. The van der Waals surface area contributed by atoms with Crippen LogP contribution in [0.5, 0.6) is 5.75 Å². The minimum Gasteiger partial charge on any atom is -0.506 e. The molecule has 0 amide bonds. The number of halogens is 1. The maximum Gasteiger partial charge on any atom is 0.137 e. The third kappa shape index (κ3) is 2.50. The van der Waals surface area contributed by atoms with E-state index in [0.29, 0.717) is 5.02 Å². The molecule has 0 heterocycles. The van der Waals surface area contributed by atoms with Crippen LogP contribution in [-0.4, -0.2) is 10.6 Å². The molecule has 3 N–H and O–H groups in total. The van der Waals surface area contributed by atoms with Gasteiger partial charge in [0.2, 0.25) is 0 Å². The molecular weight excluding hydrogens is 222 g/mol. The number of hydrogen-bond donors (Lipinski definition) is 2. The van der Waals surface area contributed by atoms with Crippen LogP contribution in [0.1, 0.15) is 37.3 Å². The van der Waals surface area contributed by atoms with Crippen molar-refractivity contribution in [3.8, 4) is 5.75 Å². The van der Waals surface area contributed by atoms with Gasteiger partial charge >= 0.3 is 0 Å². The standard InChI is InChI=1S/C13H18ClNO/c1-2-9-7-10(12(16)11(14)8-9)3-4-13(15)5-6-13/h7-8,16H,2-6,15H2,1H3. The summed E-state index contributed by atoms with van der Waals surface area (Å²) >= 11 is 5.98. The van der Waals surface area contributed by atoms with Crippen LogP contribution in [0.15, 0.2) is 12.1 Å². The third-order valence-corrected chi connectivity index (χ3v) is 3.68. The van der Waals surface area contributed by atoms with Gasteiger partial charge in [0, 0.05) is 5.54 Å². The second-order valence-corrected chi connectivity index (χ2v) is 5.21. The molecule has 0 atom stereocenters. The lowest BCUT2D eigenvalue weighted by Crippen LogP contribution is -2.22. The highest BCUT2D eigenvalue weighted by molar-refractivity contribution is 6.32. The van der Waals surface area contributed by atoms with E-state index in [-0.39, 0.29) is 11.3 Å². The molecule has 0 radical (unpaired) electrons. The first-order valence-corrected chi connectivity index (χ1v) is 6.21. The third-order valence-electron chi connectivity index (χ3n) is 3.39. The van der Waals surface area contributed by atoms with E-state index in [1.165, 1.54) is 5.56 Å². The fourth-order valence-corrected chi connectivity index (χ4v) is 2.17. The van der Waals surface area contributed by atoms with Crippen LogP contribution < -0.4 is 5.73 Å². The lowest BCUT2D eigenvalue weighted by molar-refractivity contribution is 0.464. The predicted molar refractivity (Wildman–Crippen MR) is 67.0 cm³/mol. The van der Waals surface area contributed by atoms with E-state index >= 15 is 0 Å². The van der Waals surface area contributed by atoms with Crippen LogP contribution in [0.25, 0.3) is 0 Å². The molecule has 16 heavy (non-hydrogen) atoms. The molecule has 0 saturated heterocycles. The second kappa shape index (κ2) is 4.27. The first kappa shape index (κ1) is 11.7. The Morgan fingerprint density at radius 1 is 1.44 bits per heavy atom. The van der Waals surface area contributed by atoms with Gasteiger partial charge in [-0.2, -0.15) is 0 Å². The highest BCUT2D eigenvalue weighted by Crippen LogP contribution is 2.38. The van der Waals surface area contributed by atoms with E-state index in [4.69, 9.17) is 17.3 Å². The lowest BCUT2D eigenvalue weighted by Gasteiger charge is -2.11. The number of aryl methyl sites for hydroxylation is 2. The van der Waals surface area contributed by atoms with E-state index in [2.05, 4.69) is 6.92 Å². The number of phenols is 1. The van der Waals surface area contributed by atoms with Crippen LogP contribution >= 0.6 is 11.6 Å². The van der Waals surface area contributed by atoms with Crippen molar-refractivity contribution in [1.29, 1.82) is 0 Å². The van der Waals surface area contributed by atoms with Gasteiger partial charge in [-0.05, 0) is 49.3 Å². The zero-order valence-corrected chi connectivity index (χ0v) is 10.3. The monoisotopic (exact) mass is 239 g/mol. The Kier molecular flexibility index (Phi) is 3.13. The van der Waals surface area contributed by atoms with Crippen molar-refractivity contribution in [1.82, 2.24) is 0 Å². The molecule has 0 aliphatic heterocycles. The fraction of sp³-hybridized carbons (Fsp3) is 0.538. The molecule has 1 aromatic rings. The summed E-state index contributed by atoms with van der Waals surface area (Å²) in [6.45, 7) is 2.08. The topological polar surface area (TPSA) is 46.2 Å². The molecule has 1 aliphatic rings. The van der Waals surface area contributed by atoms with Gasteiger partial charge in [0.05, 0.1) is 5.02 Å². The number of phenolic OH excluding ortho intramolecular Hbond substituents is 1. The SMILES string of the molecule is CCc1cc(Cl)c(O)c(CCC2(N)CC2)c1. The Morgan fingerprint density at radius 2 is 2.12 bits per heavy atom. The first-order valence-electron chi connectivity index (χ1n) is 5.83. The summed E-state index contributed by atoms with van der Waals surface area (Å²) in [6, 6.07) is 3.86. The maximum atomic E-state index is 9.86. The molecule has 1 saturated carbocycles. The summed E-state index contributed by atoms with van der Waals surface area (Å²) < 4.78 is 0. The minimum atomic E-state index is 0.0289. The van der Waals surface area contributed by atoms with E-state index in [9.17, 15) is 5.11 Å². The van der Waals surface area contributed by atoms with E-state index in [0.717, 1.165) is 37.7 Å². The average molecular weight is 240 g/mol. The summed E-state index contributed by atoms with van der Waals surface area (Å²) in [6.07, 6.45) is 4.89. The Morgan fingerprint density at radius 3 is 2.69 bits per heavy atom. The zero-order valence-electron chi connectivity index (χ0n) is 9.59. The smallest absolute Gasteiger partial charge is 0.137 e. The first-order chi connectivity index (χ1) is 7.54. The van der Waals surface area contributed by atoms with Gasteiger partial charge in [-0.1, -0.05) is 24.6 Å². The zero-order chi connectivity index (χ0) is 11.8. The van der Waals surface area contributed by atoms with E-state index in [1.54, 1.807) is 0 Å². The molecule has 1 aliphatic carbocycles. The van der Waals surface area contributed by atoms with Crippen LogP contribution in [0.4, 0.5) is 0 Å². The maximum absolute atomic E-state index is 9.86. The predicted octanol–water partition coefficient (Wildman–Crippen LogP) is 3.03. The molecule has 1 aromatic carbocycles. The van der Waals surface area contributed by atoms with Gasteiger partial charge < -0.3 is 10.8 Å². The lowest BCUT2D eigenvalue weighted by atomic mass is 10.0. The largest absolute Gasteiger partial charge is 0.506 e. The van der Waals surface area contributed by atoms with Gasteiger partial charge in [0.1, 0.15) is 5.75 Å². The van der Waals surface area contributed by atoms with Crippen molar-refractivity contribution < 1.29 is 5.11 Å². The molecule has 0 spiro atoms. The van der Waals surface area contributed by atoms with Crippen molar-refractivity contribution in [3.63, 3.8) is 0 Å². The van der Waals surface area contributed by atoms with Crippen molar-refractivity contribution in [3.05, 3.63) is 28.3 Å². The summed E-state index contributed by atoms with van der Waals surface area (Å²) in [5, 5.41) is 10.3. The second-order valence-electron chi connectivity index (χ2n) is 4.80. The summed E-state index contributed by atoms with van der Waals surface area (Å²) in [5.74, 6) is 0.225. The van der Waals surface area contributed by atoms with Gasteiger partial charge in [0.15, 0.2) is 0 Å². The number of nitrogens with two attached hydrogens (primary N) is 1. The van der Waals surface area contributed by atoms with E-state index < -0.39 is 0 Å². The number of rotatable bonds is 4. The number of hydrogen-bond acceptors (Lipinski definition) is 2. The highest BCUT2D eigenvalue weighted by atomic mass is 35.5. The van der Waals surface area contributed by atoms with Gasteiger partial charge in [-0.25, -0.2) is 0 Å². The van der Waals surface area contributed by atoms with Crippen LogP contribution in [0, 0.1) is 0 Å². The van der Waals surface area contributed by atoms with Gasteiger partial charge in [-0.15, -0.1) is 0 Å². The Bertz CT molecular complexity index is 399. The molecule has 2 nitrogen and oxygen atoms in total. The molecule has 0 aromatic heterocycles. The van der Waals surface area contributed by atoms with E-state index in [1.807, 2.05) is 12.1 Å². The number of aromatic hydroxyl groups is 1. The Labute approximate surface area is 101 Å². The van der Waals surface area contributed by atoms with Crippen molar-refractivity contribution in [2.75, 3.05) is 0 Å². The highest BCUT2D eigenvalue weighted by Gasteiger charge is 2.37. The Balaban J connectivity index is 2.15. The quantitative estimate of drug-likeness (QED) is 0.849. The van der Waals surface area contributed by atoms with Gasteiger partial charge in [-0.3, -0.25) is 0 Å². The average Bonchev–Trinajstić information content (AvgIpc) is 2.99. The van der Waals surface area contributed by atoms with Crippen LogP contribution in [-0.2, 0) is 12.8 Å². The van der Waals surface area contributed by atoms with Crippen molar-refractivity contribution in [2.24, 2.45) is 5.73 Å². The molecule has 2 rings (SSSR count). The van der Waals surface area contributed by atoms with Crippen LogP contribution in [0.2, 0.25) is 5.02 Å². The molecular formula is C13H18ClNO. The summed E-state index contributed by atoms with van der Waals surface area (Å²) in [7, 11) is 0. The normalized spacial score (nSPS) is 17.4. The van der Waals surface area contributed by atoms with Crippen molar-refractivity contribution >= 4 is 11.6 Å². The number of benzene rings is 1. The summed E-state index contributed by atoms with van der Waals surface area (Å²) in [5.41, 5.74) is 8.17. The molecule has 0 unspecified atom stereocenters. The van der Waals surface area contributed by atoms with Crippen LogP contribution in [0.3, 0.4) is 0 Å². The minimum absolute atomic E-state index is 0.0289. The fourth-order valence-electron chi connectivity index (χ4n) is 1.91. The molecule has 0 bridgehead atoms. The summed E-state index contributed by atoms with van der Waals surface area (Å²) in [4.78, 5) is 0. The van der Waals surface area contributed by atoms with Gasteiger partial charge in [0.25, 0.3) is 0 Å². The molecule has 1 fully saturated rings. The molecule has 3 heteroatoms. The van der Waals surface area contributed by atoms with Crippen molar-refractivity contribution in [2.45, 2.75) is 44.6 Å². The molecule has 88 valence electrons.